The van der Waals surface area contributed by atoms with Gasteiger partial charge in [-0.15, -0.1) is 0 Å². The number of carbonyl (C=O) groups is 2. The maximum absolute atomic E-state index is 13.1. The smallest absolute Gasteiger partial charge is 0.295 e. The highest BCUT2D eigenvalue weighted by Crippen LogP contribution is 2.42. The number of amides is 1. The molecule has 0 spiro atoms. The number of carbonyl (C=O) groups excluding carboxylic acids is 2. The molecule has 1 aliphatic heterocycles. The Kier molecular flexibility index (Phi) is 7.97. The molecule has 36 heavy (non-hydrogen) atoms. The number of ketones is 1. The molecule has 0 bridgehead atoms. The number of methoxy groups -OCH3 is 2. The summed E-state index contributed by atoms with van der Waals surface area (Å²) in [5.41, 5.74) is 2.04. The van der Waals surface area contributed by atoms with Crippen LogP contribution in [0.2, 0.25) is 0 Å². The summed E-state index contributed by atoms with van der Waals surface area (Å²) < 4.78 is 16.7. The van der Waals surface area contributed by atoms with Gasteiger partial charge in [-0.3, -0.25) is 14.6 Å². The highest BCUT2D eigenvalue weighted by molar-refractivity contribution is 6.46. The zero-order valence-electron chi connectivity index (χ0n) is 20.2. The van der Waals surface area contributed by atoms with Crippen LogP contribution in [0.1, 0.15) is 29.2 Å². The molecule has 1 amide bonds. The lowest BCUT2D eigenvalue weighted by Crippen LogP contribution is -2.31. The largest absolute Gasteiger partial charge is 0.507 e. The van der Waals surface area contributed by atoms with Gasteiger partial charge in [0.1, 0.15) is 12.4 Å². The Labute approximate surface area is 209 Å². The molecule has 8 nitrogen and oxygen atoms in total. The molecule has 0 radical (unpaired) electrons. The molecule has 1 N–H and O–H groups in total. The average molecular weight is 489 g/mol. The van der Waals surface area contributed by atoms with Gasteiger partial charge in [-0.2, -0.15) is 0 Å². The van der Waals surface area contributed by atoms with E-state index < -0.39 is 17.7 Å². The lowest BCUT2D eigenvalue weighted by Gasteiger charge is -2.26. The van der Waals surface area contributed by atoms with Crippen LogP contribution in [-0.4, -0.2) is 54.1 Å². The van der Waals surface area contributed by atoms with Crippen LogP contribution in [0.5, 0.6) is 11.5 Å². The molecule has 1 fully saturated rings. The Bertz CT molecular complexity index is 1240. The van der Waals surface area contributed by atoms with Gasteiger partial charge < -0.3 is 24.2 Å². The number of likely N-dealkylation sites (tertiary alicyclic amines) is 1. The van der Waals surface area contributed by atoms with Gasteiger partial charge in [0.15, 0.2) is 11.5 Å². The topological polar surface area (TPSA) is 98.2 Å². The van der Waals surface area contributed by atoms with Crippen LogP contribution in [-0.2, 0) is 20.9 Å². The van der Waals surface area contributed by atoms with Crippen LogP contribution in [0.3, 0.4) is 0 Å². The minimum Gasteiger partial charge on any atom is -0.507 e. The van der Waals surface area contributed by atoms with Crippen LogP contribution in [0.15, 0.2) is 78.6 Å². The Morgan fingerprint density at radius 2 is 1.75 bits per heavy atom. The third kappa shape index (κ3) is 5.23. The number of benzene rings is 2. The Morgan fingerprint density at radius 1 is 1.00 bits per heavy atom. The van der Waals surface area contributed by atoms with Crippen molar-refractivity contribution in [2.45, 2.75) is 19.1 Å². The summed E-state index contributed by atoms with van der Waals surface area (Å²) in [5, 5.41) is 11.1. The van der Waals surface area contributed by atoms with Gasteiger partial charge in [-0.25, -0.2) is 0 Å². The molecule has 1 saturated heterocycles. The molecule has 1 unspecified atom stereocenters. The number of Topliss-reactive ketones (excluding diaryl/α,β-unsaturated/α-hetero) is 1. The van der Waals surface area contributed by atoms with E-state index in [1.165, 1.54) is 24.4 Å². The molecule has 2 heterocycles. The van der Waals surface area contributed by atoms with E-state index in [4.69, 9.17) is 14.2 Å². The first-order chi connectivity index (χ1) is 17.5. The fourth-order valence-corrected chi connectivity index (χ4v) is 4.21. The Balaban J connectivity index is 1.73. The molecule has 3 aromatic rings. The molecular weight excluding hydrogens is 460 g/mol. The quantitative estimate of drug-likeness (QED) is 0.198. The van der Waals surface area contributed by atoms with Crippen molar-refractivity contribution in [2.75, 3.05) is 27.4 Å². The summed E-state index contributed by atoms with van der Waals surface area (Å²) >= 11 is 0. The number of hydrogen-bond acceptors (Lipinski definition) is 7. The number of aromatic nitrogens is 1. The summed E-state index contributed by atoms with van der Waals surface area (Å²) in [6.45, 7) is 1.06. The fraction of sp³-hybridized carbons (Fsp3) is 0.250. The normalized spacial score (nSPS) is 16.8. The minimum absolute atomic E-state index is 0.0172. The molecule has 4 rings (SSSR count). The van der Waals surface area contributed by atoms with E-state index in [-0.39, 0.29) is 17.9 Å². The number of pyridine rings is 1. The van der Waals surface area contributed by atoms with E-state index in [1.807, 2.05) is 30.3 Å². The summed E-state index contributed by atoms with van der Waals surface area (Å²) in [6, 6.07) is 17.4. The van der Waals surface area contributed by atoms with Crippen molar-refractivity contribution < 1.29 is 28.9 Å². The van der Waals surface area contributed by atoms with Crippen molar-refractivity contribution >= 4 is 17.4 Å². The van der Waals surface area contributed by atoms with Crippen LogP contribution < -0.4 is 9.47 Å². The first kappa shape index (κ1) is 24.9. The summed E-state index contributed by atoms with van der Waals surface area (Å²) in [7, 11) is 3.11. The molecule has 8 heteroatoms. The number of rotatable bonds is 10. The van der Waals surface area contributed by atoms with Crippen molar-refractivity contribution in [1.29, 1.82) is 0 Å². The number of aliphatic hydroxyl groups is 1. The lowest BCUT2D eigenvalue weighted by molar-refractivity contribution is -0.140. The maximum Gasteiger partial charge on any atom is 0.295 e. The van der Waals surface area contributed by atoms with Crippen molar-refractivity contribution in [3.63, 3.8) is 0 Å². The lowest BCUT2D eigenvalue weighted by atomic mass is 9.95. The molecular formula is C28H28N2O6. The van der Waals surface area contributed by atoms with Crippen LogP contribution in [0, 0.1) is 0 Å². The van der Waals surface area contributed by atoms with E-state index >= 15 is 0 Å². The predicted molar refractivity (Wildman–Crippen MR) is 134 cm³/mol. The Hall–Kier alpha value is -4.17. The monoisotopic (exact) mass is 488 g/mol. The molecule has 2 aromatic carbocycles. The minimum atomic E-state index is -0.799. The van der Waals surface area contributed by atoms with Gasteiger partial charge in [0.2, 0.25) is 0 Å². The third-order valence-electron chi connectivity index (χ3n) is 5.98. The number of hydrogen-bond donors (Lipinski definition) is 1. The first-order valence-corrected chi connectivity index (χ1v) is 11.6. The molecule has 0 aliphatic carbocycles. The number of ether oxygens (including phenoxy) is 3. The standard InChI is InChI=1S/C28H28N2O6/c1-34-16-6-15-30-25(24(27(32)28(30)33)26(31)20-11-13-29-14-12-20)21-9-10-22(23(17-21)35-2)36-18-19-7-4-3-5-8-19/h3-5,7-14,17,25,31H,6,15-16,18H2,1-2H3. The predicted octanol–water partition coefficient (Wildman–Crippen LogP) is 4.13. The molecule has 1 aromatic heterocycles. The van der Waals surface area contributed by atoms with Gasteiger partial charge in [-0.05, 0) is 41.8 Å². The van der Waals surface area contributed by atoms with Gasteiger partial charge >= 0.3 is 0 Å². The molecule has 186 valence electrons. The zero-order valence-corrected chi connectivity index (χ0v) is 20.2. The molecule has 0 saturated carbocycles. The van der Waals surface area contributed by atoms with Crippen LogP contribution >= 0.6 is 0 Å². The maximum atomic E-state index is 13.1. The fourth-order valence-electron chi connectivity index (χ4n) is 4.21. The highest BCUT2D eigenvalue weighted by atomic mass is 16.5. The van der Waals surface area contributed by atoms with Gasteiger partial charge in [0, 0.05) is 38.2 Å². The Morgan fingerprint density at radius 3 is 2.44 bits per heavy atom. The van der Waals surface area contributed by atoms with E-state index in [9.17, 15) is 14.7 Å². The highest BCUT2D eigenvalue weighted by Gasteiger charge is 2.46. The molecule has 1 atom stereocenters. The van der Waals surface area contributed by atoms with E-state index in [1.54, 1.807) is 37.4 Å². The first-order valence-electron chi connectivity index (χ1n) is 11.6. The van der Waals surface area contributed by atoms with Crippen LogP contribution in [0.25, 0.3) is 5.76 Å². The second-order valence-electron chi connectivity index (χ2n) is 8.26. The zero-order chi connectivity index (χ0) is 25.5. The second-order valence-corrected chi connectivity index (χ2v) is 8.26. The average Bonchev–Trinajstić information content (AvgIpc) is 3.17. The summed E-state index contributed by atoms with van der Waals surface area (Å²) in [6.07, 6.45) is 3.56. The van der Waals surface area contributed by atoms with Crippen molar-refractivity contribution in [3.8, 4) is 11.5 Å². The number of aliphatic hydroxyl groups excluding tert-OH is 1. The molecule has 1 aliphatic rings. The van der Waals surface area contributed by atoms with Crippen molar-refractivity contribution in [1.82, 2.24) is 9.88 Å². The van der Waals surface area contributed by atoms with Crippen molar-refractivity contribution in [2.24, 2.45) is 0 Å². The van der Waals surface area contributed by atoms with Gasteiger partial charge in [-0.1, -0.05) is 36.4 Å². The van der Waals surface area contributed by atoms with Crippen molar-refractivity contribution in [3.05, 3.63) is 95.3 Å². The number of nitrogens with zero attached hydrogens (tertiary/aromatic N) is 2. The van der Waals surface area contributed by atoms with E-state index in [2.05, 4.69) is 4.98 Å². The second kappa shape index (κ2) is 11.5. The van der Waals surface area contributed by atoms with Crippen LogP contribution in [0.4, 0.5) is 0 Å². The van der Waals surface area contributed by atoms with Gasteiger partial charge in [0.25, 0.3) is 11.7 Å². The van der Waals surface area contributed by atoms with E-state index in [0.717, 1.165) is 5.56 Å². The summed E-state index contributed by atoms with van der Waals surface area (Å²) in [5.74, 6) is -0.686. The summed E-state index contributed by atoms with van der Waals surface area (Å²) in [4.78, 5) is 31.6. The SMILES string of the molecule is COCCCN1C(=O)C(=O)C(=C(O)c2ccncc2)C1c1ccc(OCc2ccccc2)c(OC)c1. The van der Waals surface area contributed by atoms with Gasteiger partial charge in [0.05, 0.1) is 18.7 Å². The third-order valence-corrected chi connectivity index (χ3v) is 5.98. The van der Waals surface area contributed by atoms with E-state index in [0.29, 0.717) is 42.3 Å².